The highest BCUT2D eigenvalue weighted by Crippen LogP contribution is 2.17. The van der Waals surface area contributed by atoms with Gasteiger partial charge < -0.3 is 10.3 Å². The lowest BCUT2D eigenvalue weighted by atomic mass is 10.3. The number of nitrogens with two attached hydrogens (primary N) is 1. The van der Waals surface area contributed by atoms with Crippen molar-refractivity contribution >= 4 is 15.8 Å². The van der Waals surface area contributed by atoms with E-state index >= 15 is 0 Å². The second-order valence-electron chi connectivity index (χ2n) is 4.40. The Morgan fingerprint density at radius 2 is 2.10 bits per heavy atom. The molecule has 0 saturated carbocycles. The predicted octanol–water partition coefficient (Wildman–Crippen LogP) is 0.204. The topological polar surface area (TPSA) is 108 Å². The first-order valence-corrected chi connectivity index (χ1v) is 7.65. The van der Waals surface area contributed by atoms with E-state index in [1.807, 2.05) is 6.92 Å². The van der Waals surface area contributed by atoms with Crippen LogP contribution in [0.25, 0.3) is 0 Å². The summed E-state index contributed by atoms with van der Waals surface area (Å²) < 4.78 is 30.3. The highest BCUT2D eigenvalue weighted by Gasteiger charge is 2.21. The fourth-order valence-corrected chi connectivity index (χ4v) is 2.93. The lowest BCUT2D eigenvalue weighted by molar-refractivity contribution is 0.597. The van der Waals surface area contributed by atoms with Crippen LogP contribution in [0.4, 0.5) is 5.82 Å². The molecule has 9 heteroatoms. The van der Waals surface area contributed by atoms with E-state index in [1.54, 1.807) is 24.7 Å². The number of aromatic nitrogens is 4. The van der Waals surface area contributed by atoms with E-state index in [0.29, 0.717) is 17.9 Å². The zero-order valence-corrected chi connectivity index (χ0v) is 12.5. The molecule has 0 amide bonds. The molecule has 0 fully saturated rings. The van der Waals surface area contributed by atoms with Gasteiger partial charge in [0.1, 0.15) is 5.82 Å². The van der Waals surface area contributed by atoms with Crippen LogP contribution < -0.4 is 10.5 Å². The van der Waals surface area contributed by atoms with Crippen LogP contribution in [0.5, 0.6) is 0 Å². The molecule has 20 heavy (non-hydrogen) atoms. The van der Waals surface area contributed by atoms with Crippen molar-refractivity contribution in [3.8, 4) is 0 Å². The summed E-state index contributed by atoms with van der Waals surface area (Å²) >= 11 is 0. The Morgan fingerprint density at radius 1 is 1.40 bits per heavy atom. The van der Waals surface area contributed by atoms with E-state index in [1.165, 1.54) is 10.9 Å². The zero-order valence-electron chi connectivity index (χ0n) is 11.7. The molecule has 0 aromatic carbocycles. The molecule has 0 unspecified atom stereocenters. The molecular weight excluding hydrogens is 280 g/mol. The van der Waals surface area contributed by atoms with E-state index in [9.17, 15) is 8.42 Å². The van der Waals surface area contributed by atoms with Gasteiger partial charge in [0.05, 0.1) is 0 Å². The third-order valence-electron chi connectivity index (χ3n) is 2.93. The van der Waals surface area contributed by atoms with Gasteiger partial charge in [0.25, 0.3) is 10.0 Å². The minimum absolute atomic E-state index is 0.0227. The number of hydrogen-bond acceptors (Lipinski definition) is 5. The molecule has 2 heterocycles. The van der Waals surface area contributed by atoms with Crippen LogP contribution in [0.1, 0.15) is 18.3 Å². The molecule has 0 radical (unpaired) electrons. The van der Waals surface area contributed by atoms with Gasteiger partial charge in [-0.2, -0.15) is 13.5 Å². The van der Waals surface area contributed by atoms with Crippen LogP contribution in [-0.4, -0.2) is 27.7 Å². The highest BCUT2D eigenvalue weighted by atomic mass is 32.2. The molecule has 0 spiro atoms. The number of aryl methyl sites for hydroxylation is 3. The minimum atomic E-state index is -3.76. The van der Waals surface area contributed by atoms with Crippen molar-refractivity contribution in [1.29, 1.82) is 0 Å². The first-order chi connectivity index (χ1) is 9.37. The predicted molar refractivity (Wildman–Crippen MR) is 74.5 cm³/mol. The monoisotopic (exact) mass is 298 g/mol. The molecule has 110 valence electrons. The summed E-state index contributed by atoms with van der Waals surface area (Å²) in [5, 5.41) is 4.03. The maximum absolute atomic E-state index is 12.3. The number of sulfonamides is 1. The molecule has 0 aliphatic carbocycles. The molecular formula is C11H18N6O2S. The number of anilines is 1. The van der Waals surface area contributed by atoms with E-state index < -0.39 is 10.0 Å². The van der Waals surface area contributed by atoms with Gasteiger partial charge in [0, 0.05) is 38.1 Å². The van der Waals surface area contributed by atoms with E-state index in [4.69, 9.17) is 5.73 Å². The summed E-state index contributed by atoms with van der Waals surface area (Å²) in [5.41, 5.74) is 6.19. The van der Waals surface area contributed by atoms with Crippen molar-refractivity contribution in [2.75, 3.05) is 4.72 Å². The van der Waals surface area contributed by atoms with Gasteiger partial charge in [-0.05, 0) is 13.8 Å². The zero-order chi connectivity index (χ0) is 14.9. The molecule has 0 saturated heterocycles. The normalized spacial score (nSPS) is 11.8. The third kappa shape index (κ3) is 2.68. The largest absolute Gasteiger partial charge is 0.334 e. The standard InChI is InChI=1S/C11H18N6O2S/c1-4-17-7-10(13-8(17)2)20(18,19)15-11-9(5-12)6-16(3)14-11/h6-7H,4-5,12H2,1-3H3,(H,14,15). The Kier molecular flexibility index (Phi) is 3.82. The van der Waals surface area contributed by atoms with Gasteiger partial charge >= 0.3 is 0 Å². The average molecular weight is 298 g/mol. The summed E-state index contributed by atoms with van der Waals surface area (Å²) in [6, 6.07) is 0. The summed E-state index contributed by atoms with van der Waals surface area (Å²) in [4.78, 5) is 4.06. The first-order valence-electron chi connectivity index (χ1n) is 6.16. The van der Waals surface area contributed by atoms with Crippen LogP contribution in [0.15, 0.2) is 17.4 Å². The van der Waals surface area contributed by atoms with Gasteiger partial charge in [0.2, 0.25) is 0 Å². The van der Waals surface area contributed by atoms with E-state index in [2.05, 4.69) is 14.8 Å². The summed E-state index contributed by atoms with van der Waals surface area (Å²) in [7, 11) is -2.06. The van der Waals surface area contributed by atoms with Crippen molar-refractivity contribution < 1.29 is 8.42 Å². The fraction of sp³-hybridized carbons (Fsp3) is 0.455. The minimum Gasteiger partial charge on any atom is -0.334 e. The Morgan fingerprint density at radius 3 is 2.65 bits per heavy atom. The first kappa shape index (κ1) is 14.5. The van der Waals surface area contributed by atoms with Gasteiger partial charge in [-0.25, -0.2) is 4.98 Å². The number of imidazole rings is 1. The van der Waals surface area contributed by atoms with Gasteiger partial charge in [0.15, 0.2) is 10.8 Å². The van der Waals surface area contributed by atoms with Crippen LogP contribution >= 0.6 is 0 Å². The van der Waals surface area contributed by atoms with Crippen LogP contribution in [-0.2, 0) is 30.2 Å². The molecule has 8 nitrogen and oxygen atoms in total. The lowest BCUT2D eigenvalue weighted by Gasteiger charge is -2.04. The third-order valence-corrected chi connectivity index (χ3v) is 4.13. The Labute approximate surface area is 117 Å². The number of nitrogens with zero attached hydrogens (tertiary/aromatic N) is 4. The van der Waals surface area contributed by atoms with Crippen molar-refractivity contribution in [3.05, 3.63) is 23.8 Å². The van der Waals surface area contributed by atoms with E-state index in [0.717, 1.165) is 0 Å². The lowest BCUT2D eigenvalue weighted by Crippen LogP contribution is -2.15. The number of hydrogen-bond donors (Lipinski definition) is 2. The highest BCUT2D eigenvalue weighted by molar-refractivity contribution is 7.92. The average Bonchev–Trinajstić information content (AvgIpc) is 2.92. The number of rotatable bonds is 5. The summed E-state index contributed by atoms with van der Waals surface area (Å²) in [6.45, 7) is 4.54. The second-order valence-corrected chi connectivity index (χ2v) is 6.03. The molecule has 2 aromatic heterocycles. The van der Waals surface area contributed by atoms with Crippen molar-refractivity contribution in [1.82, 2.24) is 19.3 Å². The Hall–Kier alpha value is -1.87. The Bertz CT molecular complexity index is 715. The summed E-state index contributed by atoms with van der Waals surface area (Å²) in [5.74, 6) is 0.881. The van der Waals surface area contributed by atoms with E-state index in [-0.39, 0.29) is 17.4 Å². The smallest absolute Gasteiger partial charge is 0.282 e. The number of nitrogens with one attached hydrogen (secondary N) is 1. The van der Waals surface area contributed by atoms with Crippen LogP contribution in [0.3, 0.4) is 0 Å². The molecule has 3 N–H and O–H groups in total. The van der Waals surface area contributed by atoms with Crippen molar-refractivity contribution in [2.24, 2.45) is 12.8 Å². The van der Waals surface area contributed by atoms with Gasteiger partial charge in [-0.3, -0.25) is 9.40 Å². The van der Waals surface area contributed by atoms with Crippen molar-refractivity contribution in [2.45, 2.75) is 32.0 Å². The van der Waals surface area contributed by atoms with Gasteiger partial charge in [-0.15, -0.1) is 0 Å². The van der Waals surface area contributed by atoms with Crippen LogP contribution in [0.2, 0.25) is 0 Å². The summed E-state index contributed by atoms with van der Waals surface area (Å²) in [6.07, 6.45) is 3.18. The second kappa shape index (κ2) is 5.25. The fourth-order valence-electron chi connectivity index (χ4n) is 1.88. The molecule has 2 rings (SSSR count). The molecule has 0 aliphatic heterocycles. The van der Waals surface area contributed by atoms with Gasteiger partial charge in [-0.1, -0.05) is 0 Å². The molecule has 0 bridgehead atoms. The Balaban J connectivity index is 2.35. The molecule has 2 aromatic rings. The van der Waals surface area contributed by atoms with Crippen molar-refractivity contribution in [3.63, 3.8) is 0 Å². The van der Waals surface area contributed by atoms with Crippen LogP contribution in [0, 0.1) is 6.92 Å². The molecule has 0 aliphatic rings. The SMILES string of the molecule is CCn1cc(S(=O)(=O)Nc2nn(C)cc2CN)nc1C. The molecule has 0 atom stereocenters. The maximum atomic E-state index is 12.3. The maximum Gasteiger partial charge on any atom is 0.282 e. The quantitative estimate of drug-likeness (QED) is 0.820.